The lowest BCUT2D eigenvalue weighted by Crippen LogP contribution is -2.32. The molecule has 31 heavy (non-hydrogen) atoms. The summed E-state index contributed by atoms with van der Waals surface area (Å²) in [4.78, 5) is 23.1. The minimum atomic E-state index is -0.594. The Morgan fingerprint density at radius 3 is 2.42 bits per heavy atom. The van der Waals surface area contributed by atoms with E-state index in [1.54, 1.807) is 48.2 Å². The van der Waals surface area contributed by atoms with Crippen molar-refractivity contribution in [2.45, 2.75) is 6.04 Å². The van der Waals surface area contributed by atoms with Crippen molar-refractivity contribution in [1.29, 1.82) is 0 Å². The van der Waals surface area contributed by atoms with Crippen molar-refractivity contribution in [1.82, 2.24) is 24.6 Å². The highest BCUT2D eigenvalue weighted by Gasteiger charge is 2.26. The van der Waals surface area contributed by atoms with E-state index in [1.165, 1.54) is 6.33 Å². The maximum absolute atomic E-state index is 13.0. The largest absolute Gasteiger partial charge is 0.383 e. The summed E-state index contributed by atoms with van der Waals surface area (Å²) in [7, 11) is 3.46. The van der Waals surface area contributed by atoms with Crippen molar-refractivity contribution >= 4 is 23.3 Å². The average Bonchev–Trinajstić information content (AvgIpc) is 3.25. The Balaban J connectivity index is 1.81. The second-order valence-electron chi connectivity index (χ2n) is 7.24. The van der Waals surface area contributed by atoms with E-state index in [4.69, 9.17) is 17.3 Å². The Labute approximate surface area is 185 Å². The molecule has 4 aromatic rings. The van der Waals surface area contributed by atoms with Crippen LogP contribution >= 0.6 is 11.6 Å². The number of nitrogen functional groups attached to an aromatic ring is 1. The molecule has 0 bridgehead atoms. The van der Waals surface area contributed by atoms with Crippen molar-refractivity contribution in [3.8, 4) is 22.4 Å². The number of rotatable bonds is 5. The number of likely N-dealkylation sites (N-methyl/N-ethyl adjacent to an activating group) is 1. The molecule has 4 rings (SSSR count). The van der Waals surface area contributed by atoms with Gasteiger partial charge in [-0.3, -0.25) is 9.48 Å². The predicted molar refractivity (Wildman–Crippen MR) is 121 cm³/mol. The lowest BCUT2D eigenvalue weighted by atomic mass is 10.0. The molecule has 8 heteroatoms. The van der Waals surface area contributed by atoms with Crippen LogP contribution in [0, 0.1) is 0 Å². The minimum absolute atomic E-state index is 0.0824. The summed E-state index contributed by atoms with van der Waals surface area (Å²) >= 11 is 6.04. The molecule has 0 radical (unpaired) electrons. The number of halogens is 1. The third-order valence-corrected chi connectivity index (χ3v) is 5.19. The maximum Gasteiger partial charge on any atom is 0.251 e. The van der Waals surface area contributed by atoms with E-state index >= 15 is 0 Å². The molecule has 2 heterocycles. The zero-order valence-electron chi connectivity index (χ0n) is 17.1. The van der Waals surface area contributed by atoms with Crippen LogP contribution in [0.25, 0.3) is 22.4 Å². The van der Waals surface area contributed by atoms with E-state index in [-0.39, 0.29) is 5.91 Å². The summed E-state index contributed by atoms with van der Waals surface area (Å²) in [5.74, 6) is 0.269. The zero-order valence-corrected chi connectivity index (χ0v) is 17.9. The van der Waals surface area contributed by atoms with Crippen LogP contribution in [0.2, 0.25) is 5.02 Å². The molecule has 0 saturated heterocycles. The van der Waals surface area contributed by atoms with Crippen molar-refractivity contribution in [2.75, 3.05) is 19.8 Å². The molecule has 2 N–H and O–H groups in total. The number of hydrogen-bond donors (Lipinski definition) is 1. The first-order valence-electron chi connectivity index (χ1n) is 9.62. The van der Waals surface area contributed by atoms with Gasteiger partial charge in [0.15, 0.2) is 6.04 Å². The number of nitrogens with two attached hydrogens (primary N) is 1. The van der Waals surface area contributed by atoms with Crippen LogP contribution < -0.4 is 5.73 Å². The van der Waals surface area contributed by atoms with E-state index < -0.39 is 6.04 Å². The molecule has 0 aliphatic heterocycles. The number of carbonyl (C=O) groups is 1. The van der Waals surface area contributed by atoms with E-state index in [0.717, 1.165) is 16.7 Å². The number of anilines is 1. The standard InChI is InChI=1S/C23H21ClN6O/c1-29(2)23(31)21(16-6-4-3-5-7-16)30-13-17(12-28-30)20-19(22(25)27-14-26-20)15-8-10-18(24)11-9-15/h3-14,21H,1-2H3,(H2,25,26,27)/t21-/m1/s1. The summed E-state index contributed by atoms with van der Waals surface area (Å²) < 4.78 is 1.65. The molecule has 0 fully saturated rings. The normalized spacial score (nSPS) is 11.8. The topological polar surface area (TPSA) is 89.9 Å². The third kappa shape index (κ3) is 4.13. The lowest BCUT2D eigenvalue weighted by Gasteiger charge is -2.21. The van der Waals surface area contributed by atoms with Gasteiger partial charge in [0.25, 0.3) is 5.91 Å². The maximum atomic E-state index is 13.0. The fourth-order valence-electron chi connectivity index (χ4n) is 3.41. The Bertz CT molecular complexity index is 1200. The average molecular weight is 433 g/mol. The number of nitrogens with zero attached hydrogens (tertiary/aromatic N) is 5. The monoisotopic (exact) mass is 432 g/mol. The second kappa shape index (κ2) is 8.57. The lowest BCUT2D eigenvalue weighted by molar-refractivity contribution is -0.131. The van der Waals surface area contributed by atoms with Gasteiger partial charge < -0.3 is 10.6 Å². The summed E-state index contributed by atoms with van der Waals surface area (Å²) in [6.07, 6.45) is 4.90. The number of amides is 1. The first kappa shape index (κ1) is 20.6. The quantitative estimate of drug-likeness (QED) is 0.516. The highest BCUT2D eigenvalue weighted by atomic mass is 35.5. The van der Waals surface area contributed by atoms with Gasteiger partial charge in [0, 0.05) is 30.9 Å². The highest BCUT2D eigenvalue weighted by Crippen LogP contribution is 2.34. The van der Waals surface area contributed by atoms with Gasteiger partial charge in [0.05, 0.1) is 17.5 Å². The summed E-state index contributed by atoms with van der Waals surface area (Å²) in [5, 5.41) is 5.12. The molecular weight excluding hydrogens is 412 g/mol. The Morgan fingerprint density at radius 1 is 1.03 bits per heavy atom. The minimum Gasteiger partial charge on any atom is -0.383 e. The van der Waals surface area contributed by atoms with Gasteiger partial charge in [-0.1, -0.05) is 54.1 Å². The second-order valence-corrected chi connectivity index (χ2v) is 7.68. The van der Waals surface area contributed by atoms with Gasteiger partial charge in [-0.2, -0.15) is 5.10 Å². The van der Waals surface area contributed by atoms with Crippen molar-refractivity contribution in [3.05, 3.63) is 83.9 Å². The predicted octanol–water partition coefficient (Wildman–Crippen LogP) is 3.92. The smallest absolute Gasteiger partial charge is 0.251 e. The van der Waals surface area contributed by atoms with Gasteiger partial charge in [0.2, 0.25) is 0 Å². The van der Waals surface area contributed by atoms with E-state index in [2.05, 4.69) is 15.1 Å². The van der Waals surface area contributed by atoms with E-state index in [0.29, 0.717) is 22.1 Å². The molecule has 0 unspecified atom stereocenters. The first-order chi connectivity index (χ1) is 15.0. The van der Waals surface area contributed by atoms with E-state index in [9.17, 15) is 4.79 Å². The van der Waals surface area contributed by atoms with Gasteiger partial charge in [-0.25, -0.2) is 9.97 Å². The molecular formula is C23H21ClN6O. The van der Waals surface area contributed by atoms with Crippen LogP contribution in [0.4, 0.5) is 5.82 Å². The van der Waals surface area contributed by atoms with Gasteiger partial charge >= 0.3 is 0 Å². The first-order valence-corrected chi connectivity index (χ1v) is 10.0. The van der Waals surface area contributed by atoms with Gasteiger partial charge in [0.1, 0.15) is 12.1 Å². The van der Waals surface area contributed by atoms with Crippen LogP contribution in [0.3, 0.4) is 0 Å². The molecule has 1 atom stereocenters. The molecule has 0 saturated carbocycles. The molecule has 0 aliphatic rings. The Morgan fingerprint density at radius 2 is 1.74 bits per heavy atom. The molecule has 156 valence electrons. The fraction of sp³-hybridized carbons (Fsp3) is 0.130. The summed E-state index contributed by atoms with van der Waals surface area (Å²) in [6.45, 7) is 0. The number of aromatic nitrogens is 4. The molecule has 2 aromatic carbocycles. The van der Waals surface area contributed by atoms with Crippen LogP contribution in [0.1, 0.15) is 11.6 Å². The van der Waals surface area contributed by atoms with Crippen LogP contribution in [-0.2, 0) is 4.79 Å². The van der Waals surface area contributed by atoms with Crippen molar-refractivity contribution in [3.63, 3.8) is 0 Å². The highest BCUT2D eigenvalue weighted by molar-refractivity contribution is 6.30. The molecule has 0 spiro atoms. The fourth-order valence-corrected chi connectivity index (χ4v) is 3.54. The van der Waals surface area contributed by atoms with Crippen molar-refractivity contribution < 1.29 is 4.79 Å². The summed E-state index contributed by atoms with van der Waals surface area (Å²) in [6, 6.07) is 16.3. The third-order valence-electron chi connectivity index (χ3n) is 4.94. The molecule has 1 amide bonds. The molecule has 7 nitrogen and oxygen atoms in total. The van der Waals surface area contributed by atoms with Gasteiger partial charge in [-0.05, 0) is 23.3 Å². The number of hydrogen-bond acceptors (Lipinski definition) is 5. The van der Waals surface area contributed by atoms with Crippen LogP contribution in [0.5, 0.6) is 0 Å². The van der Waals surface area contributed by atoms with Crippen molar-refractivity contribution in [2.24, 2.45) is 0 Å². The summed E-state index contributed by atoms with van der Waals surface area (Å²) in [5.41, 5.74) is 9.93. The zero-order chi connectivity index (χ0) is 22.0. The SMILES string of the molecule is CN(C)C(=O)[C@@H](c1ccccc1)n1cc(-c2ncnc(N)c2-c2ccc(Cl)cc2)cn1. The van der Waals surface area contributed by atoms with E-state index in [1.807, 2.05) is 42.5 Å². The van der Waals surface area contributed by atoms with Crippen LogP contribution in [0.15, 0.2) is 73.3 Å². The Kier molecular flexibility index (Phi) is 5.68. The molecule has 2 aromatic heterocycles. The van der Waals surface area contributed by atoms with Crippen LogP contribution in [-0.4, -0.2) is 44.7 Å². The number of carbonyl (C=O) groups excluding carboxylic acids is 1. The number of benzene rings is 2. The van der Waals surface area contributed by atoms with Gasteiger partial charge in [-0.15, -0.1) is 0 Å². The molecule has 0 aliphatic carbocycles. The Hall–Kier alpha value is -3.71.